The van der Waals surface area contributed by atoms with Crippen LogP contribution in [0.2, 0.25) is 0 Å². The number of benzene rings is 1. The van der Waals surface area contributed by atoms with Crippen molar-refractivity contribution in [3.63, 3.8) is 0 Å². The van der Waals surface area contributed by atoms with Crippen molar-refractivity contribution >= 4 is 28.6 Å². The van der Waals surface area contributed by atoms with E-state index in [4.69, 9.17) is 4.74 Å². The predicted molar refractivity (Wildman–Crippen MR) is 130 cm³/mol. The second kappa shape index (κ2) is 9.33. The standard InChI is InChI=1S/C25H25N5O2S/c1-3-17-6-7-26-21(12-17)19-14-27-25(28-15-19)30-16-23(33-2)20-5-4-18(13-22(20)30)24(31)29-8-10-32-11-9-29/h4-7,12-16H,3,8-11H2,1-2H3. The minimum Gasteiger partial charge on any atom is -0.378 e. The summed E-state index contributed by atoms with van der Waals surface area (Å²) in [7, 11) is 0. The molecule has 5 rings (SSSR count). The first-order chi connectivity index (χ1) is 16.2. The summed E-state index contributed by atoms with van der Waals surface area (Å²) in [6.07, 6.45) is 10.5. The van der Waals surface area contributed by atoms with Crippen molar-refractivity contribution in [1.29, 1.82) is 0 Å². The number of morpholine rings is 1. The average molecular weight is 460 g/mol. The Morgan fingerprint density at radius 3 is 2.61 bits per heavy atom. The summed E-state index contributed by atoms with van der Waals surface area (Å²) in [6.45, 7) is 4.52. The minimum atomic E-state index is 0.0248. The molecule has 7 nitrogen and oxygen atoms in total. The van der Waals surface area contributed by atoms with Gasteiger partial charge in [0.05, 0.1) is 24.4 Å². The lowest BCUT2D eigenvalue weighted by molar-refractivity contribution is 0.0303. The zero-order chi connectivity index (χ0) is 22.8. The van der Waals surface area contributed by atoms with Gasteiger partial charge < -0.3 is 9.64 Å². The Kier molecular flexibility index (Phi) is 6.11. The first kappa shape index (κ1) is 21.6. The number of hydrogen-bond donors (Lipinski definition) is 0. The van der Waals surface area contributed by atoms with E-state index in [1.54, 1.807) is 24.2 Å². The molecule has 4 heterocycles. The number of ether oxygens (including phenoxy) is 1. The molecule has 0 radical (unpaired) electrons. The summed E-state index contributed by atoms with van der Waals surface area (Å²) in [4.78, 5) is 29.7. The first-order valence-electron chi connectivity index (χ1n) is 11.0. The second-order valence-electron chi connectivity index (χ2n) is 7.88. The highest BCUT2D eigenvalue weighted by Crippen LogP contribution is 2.31. The molecule has 1 aliphatic rings. The largest absolute Gasteiger partial charge is 0.378 e. The van der Waals surface area contributed by atoms with Crippen molar-refractivity contribution in [2.24, 2.45) is 0 Å². The third-order valence-electron chi connectivity index (χ3n) is 5.92. The predicted octanol–water partition coefficient (Wildman–Crippen LogP) is 4.24. The highest BCUT2D eigenvalue weighted by atomic mass is 32.2. The van der Waals surface area contributed by atoms with Crippen molar-refractivity contribution in [1.82, 2.24) is 24.4 Å². The molecule has 1 aliphatic heterocycles. The highest BCUT2D eigenvalue weighted by Gasteiger charge is 2.20. The van der Waals surface area contributed by atoms with E-state index in [1.807, 2.05) is 52.4 Å². The number of fused-ring (bicyclic) bond motifs is 1. The molecule has 1 fully saturated rings. The van der Waals surface area contributed by atoms with Gasteiger partial charge in [0.1, 0.15) is 0 Å². The van der Waals surface area contributed by atoms with E-state index in [-0.39, 0.29) is 5.91 Å². The summed E-state index contributed by atoms with van der Waals surface area (Å²) >= 11 is 1.66. The summed E-state index contributed by atoms with van der Waals surface area (Å²) in [5.74, 6) is 0.587. The number of pyridine rings is 1. The average Bonchev–Trinajstić information content (AvgIpc) is 3.27. The highest BCUT2D eigenvalue weighted by molar-refractivity contribution is 7.98. The van der Waals surface area contributed by atoms with Gasteiger partial charge in [-0.25, -0.2) is 9.97 Å². The lowest BCUT2D eigenvalue weighted by Gasteiger charge is -2.26. The molecule has 4 aromatic rings. The maximum absolute atomic E-state index is 13.0. The first-order valence-corrected chi connectivity index (χ1v) is 12.2. The monoisotopic (exact) mass is 459 g/mol. The third-order valence-corrected chi connectivity index (χ3v) is 6.68. The topological polar surface area (TPSA) is 73.1 Å². The molecule has 0 atom stereocenters. The molecule has 0 unspecified atom stereocenters. The molecule has 1 amide bonds. The molecule has 168 valence electrons. The van der Waals surface area contributed by atoms with Gasteiger partial charge in [-0.15, -0.1) is 11.8 Å². The number of aryl methyl sites for hydroxylation is 1. The number of thioether (sulfide) groups is 1. The summed E-state index contributed by atoms with van der Waals surface area (Å²) < 4.78 is 7.34. The molecular formula is C25H25N5O2S. The zero-order valence-electron chi connectivity index (χ0n) is 18.7. The van der Waals surface area contributed by atoms with Gasteiger partial charge in [0, 0.05) is 59.3 Å². The number of nitrogens with zero attached hydrogens (tertiary/aromatic N) is 5. The number of aromatic nitrogens is 4. The Hall–Kier alpha value is -3.23. The molecule has 1 aromatic carbocycles. The summed E-state index contributed by atoms with van der Waals surface area (Å²) in [6, 6.07) is 9.94. The Morgan fingerprint density at radius 2 is 1.88 bits per heavy atom. The number of carbonyl (C=O) groups excluding carboxylic acids is 1. The second-order valence-corrected chi connectivity index (χ2v) is 8.73. The van der Waals surface area contributed by atoms with Crippen LogP contribution in [0.1, 0.15) is 22.8 Å². The Labute approximate surface area is 196 Å². The Balaban J connectivity index is 1.52. The zero-order valence-corrected chi connectivity index (χ0v) is 19.5. The molecule has 0 aliphatic carbocycles. The van der Waals surface area contributed by atoms with Crippen molar-refractivity contribution in [2.75, 3.05) is 32.6 Å². The summed E-state index contributed by atoms with van der Waals surface area (Å²) in [5.41, 5.74) is 4.54. The molecule has 0 N–H and O–H groups in total. The van der Waals surface area contributed by atoms with E-state index in [1.165, 1.54) is 5.56 Å². The molecule has 0 spiro atoms. The van der Waals surface area contributed by atoms with Crippen LogP contribution in [-0.2, 0) is 11.2 Å². The van der Waals surface area contributed by atoms with Crippen molar-refractivity contribution in [2.45, 2.75) is 18.2 Å². The van der Waals surface area contributed by atoms with E-state index < -0.39 is 0 Å². The number of rotatable bonds is 5. The van der Waals surface area contributed by atoms with Crippen LogP contribution in [0.25, 0.3) is 28.1 Å². The van der Waals surface area contributed by atoms with E-state index in [0.717, 1.165) is 33.5 Å². The molecule has 0 bridgehead atoms. The fourth-order valence-corrected chi connectivity index (χ4v) is 4.64. The normalized spacial score (nSPS) is 14.1. The third kappa shape index (κ3) is 4.24. The quantitative estimate of drug-likeness (QED) is 0.416. The van der Waals surface area contributed by atoms with Gasteiger partial charge in [-0.1, -0.05) is 13.0 Å². The molecule has 0 saturated carbocycles. The number of hydrogen-bond acceptors (Lipinski definition) is 6. The van der Waals surface area contributed by atoms with Crippen LogP contribution in [0.15, 0.2) is 60.0 Å². The Bertz CT molecular complexity index is 1300. The number of carbonyl (C=O) groups is 1. The van der Waals surface area contributed by atoms with Crippen LogP contribution in [-0.4, -0.2) is 62.9 Å². The minimum absolute atomic E-state index is 0.0248. The van der Waals surface area contributed by atoms with Crippen LogP contribution in [0.4, 0.5) is 0 Å². The fraction of sp³-hybridized carbons (Fsp3) is 0.280. The van der Waals surface area contributed by atoms with Crippen LogP contribution in [0.3, 0.4) is 0 Å². The fourth-order valence-electron chi connectivity index (χ4n) is 4.04. The van der Waals surface area contributed by atoms with Crippen molar-refractivity contribution in [3.05, 3.63) is 66.2 Å². The molecular weight excluding hydrogens is 434 g/mol. The van der Waals surface area contributed by atoms with Gasteiger partial charge in [-0.3, -0.25) is 14.3 Å². The van der Waals surface area contributed by atoms with Crippen molar-refractivity contribution in [3.8, 4) is 17.2 Å². The summed E-state index contributed by atoms with van der Waals surface area (Å²) in [5, 5.41) is 1.08. The maximum atomic E-state index is 13.0. The molecule has 3 aromatic heterocycles. The number of amides is 1. The smallest absolute Gasteiger partial charge is 0.254 e. The van der Waals surface area contributed by atoms with Crippen LogP contribution in [0, 0.1) is 0 Å². The molecule has 8 heteroatoms. The van der Waals surface area contributed by atoms with Gasteiger partial charge >= 0.3 is 0 Å². The lowest BCUT2D eigenvalue weighted by Crippen LogP contribution is -2.40. The van der Waals surface area contributed by atoms with Gasteiger partial charge in [-0.05, 0) is 42.5 Å². The van der Waals surface area contributed by atoms with Gasteiger partial charge in [0.25, 0.3) is 5.91 Å². The van der Waals surface area contributed by atoms with E-state index in [2.05, 4.69) is 27.9 Å². The van der Waals surface area contributed by atoms with Crippen LogP contribution < -0.4 is 0 Å². The van der Waals surface area contributed by atoms with E-state index in [0.29, 0.717) is 37.8 Å². The van der Waals surface area contributed by atoms with Crippen LogP contribution >= 0.6 is 11.8 Å². The SMILES string of the molecule is CCc1ccnc(-c2cnc(-n3cc(SC)c4ccc(C(=O)N5CCOCC5)cc43)nc2)c1. The van der Waals surface area contributed by atoms with Crippen molar-refractivity contribution < 1.29 is 9.53 Å². The lowest BCUT2D eigenvalue weighted by atomic mass is 10.1. The Morgan fingerprint density at radius 1 is 1.09 bits per heavy atom. The van der Waals surface area contributed by atoms with Gasteiger partial charge in [0.15, 0.2) is 0 Å². The molecule has 1 saturated heterocycles. The van der Waals surface area contributed by atoms with Crippen LogP contribution in [0.5, 0.6) is 0 Å². The van der Waals surface area contributed by atoms with Gasteiger partial charge in [0.2, 0.25) is 5.95 Å². The van der Waals surface area contributed by atoms with E-state index in [9.17, 15) is 4.79 Å². The maximum Gasteiger partial charge on any atom is 0.254 e. The van der Waals surface area contributed by atoms with E-state index >= 15 is 0 Å². The molecule has 33 heavy (non-hydrogen) atoms. The van der Waals surface area contributed by atoms with Gasteiger partial charge in [-0.2, -0.15) is 0 Å².